The first kappa shape index (κ1) is 18.0. The lowest BCUT2D eigenvalue weighted by atomic mass is 10.0. The molecule has 6 heteroatoms. The molecule has 1 heterocycles. The second-order valence-electron chi connectivity index (χ2n) is 5.73. The Labute approximate surface area is 154 Å². The third-order valence-electron chi connectivity index (χ3n) is 4.03. The Balaban J connectivity index is 2.05. The molecule has 0 saturated carbocycles. The van der Waals surface area contributed by atoms with Gasteiger partial charge in [-0.25, -0.2) is 8.78 Å². The van der Waals surface area contributed by atoms with Crippen LogP contribution in [0.1, 0.15) is 27.7 Å². The lowest BCUT2D eigenvalue weighted by Gasteiger charge is -2.28. The molecule has 1 unspecified atom stereocenters. The molecule has 0 fully saturated rings. The lowest BCUT2D eigenvalue weighted by molar-refractivity contribution is 0.0752. The number of carbonyl (C=O) groups is 1. The van der Waals surface area contributed by atoms with Crippen molar-refractivity contribution in [1.82, 2.24) is 9.88 Å². The summed E-state index contributed by atoms with van der Waals surface area (Å²) < 4.78 is 26.9. The first-order valence-corrected chi connectivity index (χ1v) is 8.24. The summed E-state index contributed by atoms with van der Waals surface area (Å²) in [4.78, 5) is 18.7. The van der Waals surface area contributed by atoms with E-state index in [-0.39, 0.29) is 10.6 Å². The van der Waals surface area contributed by atoms with Crippen molar-refractivity contribution in [2.24, 2.45) is 0 Å². The van der Waals surface area contributed by atoms with E-state index in [2.05, 4.69) is 4.98 Å². The first-order valence-electron chi connectivity index (χ1n) is 7.86. The van der Waals surface area contributed by atoms with Crippen LogP contribution in [0.4, 0.5) is 8.78 Å². The van der Waals surface area contributed by atoms with E-state index >= 15 is 0 Å². The van der Waals surface area contributed by atoms with E-state index in [1.54, 1.807) is 25.4 Å². The summed E-state index contributed by atoms with van der Waals surface area (Å²) in [6.07, 6.45) is 1.63. The predicted molar refractivity (Wildman–Crippen MR) is 96.0 cm³/mol. The number of rotatable bonds is 4. The normalized spacial score (nSPS) is 11.8. The van der Waals surface area contributed by atoms with Crippen LogP contribution in [-0.2, 0) is 0 Å². The van der Waals surface area contributed by atoms with Gasteiger partial charge in [0.25, 0.3) is 5.91 Å². The highest BCUT2D eigenvalue weighted by molar-refractivity contribution is 6.33. The molecular weight excluding hydrogens is 358 g/mol. The van der Waals surface area contributed by atoms with E-state index in [1.165, 1.54) is 4.90 Å². The van der Waals surface area contributed by atoms with Crippen LogP contribution in [0, 0.1) is 11.6 Å². The van der Waals surface area contributed by atoms with Gasteiger partial charge in [-0.05, 0) is 29.8 Å². The van der Waals surface area contributed by atoms with Crippen molar-refractivity contribution in [2.75, 3.05) is 7.05 Å². The average Bonchev–Trinajstić information content (AvgIpc) is 2.66. The van der Waals surface area contributed by atoms with Gasteiger partial charge in [0.2, 0.25) is 0 Å². The molecule has 0 N–H and O–H groups in total. The Bertz CT molecular complexity index is 880. The van der Waals surface area contributed by atoms with Gasteiger partial charge >= 0.3 is 0 Å². The fraction of sp³-hybridized carbons (Fsp3) is 0.100. The molecule has 26 heavy (non-hydrogen) atoms. The summed E-state index contributed by atoms with van der Waals surface area (Å²) in [6.45, 7) is 0. The van der Waals surface area contributed by atoms with Crippen LogP contribution in [-0.4, -0.2) is 22.8 Å². The molecule has 0 aliphatic heterocycles. The highest BCUT2D eigenvalue weighted by Crippen LogP contribution is 2.29. The Morgan fingerprint density at radius 3 is 2.35 bits per heavy atom. The average molecular weight is 373 g/mol. The molecule has 0 bridgehead atoms. The molecule has 0 aliphatic carbocycles. The standard InChI is InChI=1S/C20H15ClF2N2O/c1-25(20(26)14-11-16(22)17(23)12-15(14)21)19(13-7-3-2-4-8-13)18-9-5-6-10-24-18/h2-12,19H,1H3. The third-order valence-corrected chi connectivity index (χ3v) is 4.34. The monoisotopic (exact) mass is 372 g/mol. The minimum Gasteiger partial charge on any atom is -0.329 e. The number of nitrogens with zero attached hydrogens (tertiary/aromatic N) is 2. The maximum absolute atomic E-state index is 13.6. The maximum Gasteiger partial charge on any atom is 0.256 e. The lowest BCUT2D eigenvalue weighted by Crippen LogP contribution is -2.32. The van der Waals surface area contributed by atoms with E-state index in [9.17, 15) is 13.6 Å². The largest absolute Gasteiger partial charge is 0.329 e. The van der Waals surface area contributed by atoms with Crippen LogP contribution in [0.3, 0.4) is 0 Å². The summed E-state index contributed by atoms with van der Waals surface area (Å²) in [6, 6.07) is 15.8. The summed E-state index contributed by atoms with van der Waals surface area (Å²) >= 11 is 5.97. The molecular formula is C20H15ClF2N2O. The van der Waals surface area contributed by atoms with Gasteiger partial charge in [-0.1, -0.05) is 48.0 Å². The maximum atomic E-state index is 13.6. The van der Waals surface area contributed by atoms with Crippen LogP contribution in [0.2, 0.25) is 5.02 Å². The highest BCUT2D eigenvalue weighted by atomic mass is 35.5. The molecule has 1 amide bonds. The zero-order valence-corrected chi connectivity index (χ0v) is 14.6. The number of carbonyl (C=O) groups excluding carboxylic acids is 1. The molecule has 0 spiro atoms. The Kier molecular flexibility index (Phi) is 5.28. The van der Waals surface area contributed by atoms with Gasteiger partial charge in [0.05, 0.1) is 22.3 Å². The molecule has 1 aromatic heterocycles. The van der Waals surface area contributed by atoms with Crippen molar-refractivity contribution in [3.05, 3.63) is 100 Å². The van der Waals surface area contributed by atoms with Crippen molar-refractivity contribution in [2.45, 2.75) is 6.04 Å². The van der Waals surface area contributed by atoms with Gasteiger partial charge < -0.3 is 4.90 Å². The molecule has 0 saturated heterocycles. The van der Waals surface area contributed by atoms with E-state index < -0.39 is 23.6 Å². The minimum absolute atomic E-state index is 0.107. The molecule has 2 aromatic carbocycles. The van der Waals surface area contributed by atoms with Crippen molar-refractivity contribution in [3.8, 4) is 0 Å². The second kappa shape index (κ2) is 7.62. The summed E-state index contributed by atoms with van der Waals surface area (Å²) in [5.74, 6) is -2.76. The molecule has 0 radical (unpaired) electrons. The van der Waals surface area contributed by atoms with Gasteiger partial charge in [-0.3, -0.25) is 9.78 Å². The minimum atomic E-state index is -1.12. The predicted octanol–water partition coefficient (Wildman–Crippen LogP) is 4.87. The molecule has 1 atom stereocenters. The van der Waals surface area contributed by atoms with Gasteiger partial charge in [-0.15, -0.1) is 0 Å². The summed E-state index contributed by atoms with van der Waals surface area (Å²) in [7, 11) is 1.58. The van der Waals surface area contributed by atoms with Gasteiger partial charge in [0.15, 0.2) is 11.6 Å². The van der Waals surface area contributed by atoms with E-state index in [4.69, 9.17) is 11.6 Å². The number of benzene rings is 2. The summed E-state index contributed by atoms with van der Waals surface area (Å²) in [5, 5.41) is -0.145. The molecule has 3 aromatic rings. The number of halogens is 3. The van der Waals surface area contributed by atoms with Crippen molar-refractivity contribution in [3.63, 3.8) is 0 Å². The van der Waals surface area contributed by atoms with Gasteiger partial charge in [0, 0.05) is 13.2 Å². The first-order chi connectivity index (χ1) is 12.5. The zero-order chi connectivity index (χ0) is 18.7. The third kappa shape index (κ3) is 3.58. The molecule has 3 nitrogen and oxygen atoms in total. The van der Waals surface area contributed by atoms with E-state index in [0.717, 1.165) is 17.7 Å². The van der Waals surface area contributed by atoms with E-state index in [1.807, 2.05) is 36.4 Å². The smallest absolute Gasteiger partial charge is 0.256 e. The SMILES string of the molecule is CN(C(=O)c1cc(F)c(F)cc1Cl)C(c1ccccc1)c1ccccn1. The molecule has 0 aliphatic rings. The van der Waals surface area contributed by atoms with Crippen molar-refractivity contribution >= 4 is 17.5 Å². The van der Waals surface area contributed by atoms with Crippen LogP contribution in [0.15, 0.2) is 66.9 Å². The number of pyridine rings is 1. The molecule has 132 valence electrons. The zero-order valence-electron chi connectivity index (χ0n) is 13.9. The number of aromatic nitrogens is 1. The fourth-order valence-corrected chi connectivity index (χ4v) is 2.99. The van der Waals surface area contributed by atoms with Gasteiger partial charge in [-0.2, -0.15) is 0 Å². The number of hydrogen-bond donors (Lipinski definition) is 0. The van der Waals surface area contributed by atoms with Crippen LogP contribution in [0.25, 0.3) is 0 Å². The molecule has 3 rings (SSSR count). The second-order valence-corrected chi connectivity index (χ2v) is 6.14. The van der Waals surface area contributed by atoms with E-state index in [0.29, 0.717) is 5.69 Å². The number of amides is 1. The van der Waals surface area contributed by atoms with Crippen LogP contribution in [0.5, 0.6) is 0 Å². The Hall–Kier alpha value is -2.79. The summed E-state index contributed by atoms with van der Waals surface area (Å²) in [5.41, 5.74) is 1.37. The van der Waals surface area contributed by atoms with Crippen LogP contribution >= 0.6 is 11.6 Å². The fourth-order valence-electron chi connectivity index (χ4n) is 2.76. The Morgan fingerprint density at radius 1 is 1.04 bits per heavy atom. The van der Waals surface area contributed by atoms with Crippen molar-refractivity contribution < 1.29 is 13.6 Å². The van der Waals surface area contributed by atoms with Gasteiger partial charge in [0.1, 0.15) is 0 Å². The number of hydrogen-bond acceptors (Lipinski definition) is 2. The highest BCUT2D eigenvalue weighted by Gasteiger charge is 2.27. The Morgan fingerprint density at radius 2 is 1.69 bits per heavy atom. The van der Waals surface area contributed by atoms with Crippen LogP contribution < -0.4 is 0 Å². The van der Waals surface area contributed by atoms with Crippen molar-refractivity contribution in [1.29, 1.82) is 0 Å². The quantitative estimate of drug-likeness (QED) is 0.612. The topological polar surface area (TPSA) is 33.2 Å².